The van der Waals surface area contributed by atoms with Crippen LogP contribution in [0.15, 0.2) is 22.7 Å². The lowest BCUT2D eigenvalue weighted by Crippen LogP contribution is -2.11. The van der Waals surface area contributed by atoms with E-state index in [0.717, 1.165) is 11.1 Å². The van der Waals surface area contributed by atoms with Crippen LogP contribution in [0.1, 0.15) is 37.8 Å². The molecular weight excluding hydrogens is 226 g/mol. The molecule has 2 rings (SSSR count). The van der Waals surface area contributed by atoms with Gasteiger partial charge in [-0.1, -0.05) is 38.1 Å². The molecule has 4 nitrogen and oxygen atoms in total. The molecule has 0 atom stereocenters. The van der Waals surface area contributed by atoms with E-state index in [1.807, 2.05) is 6.92 Å². The first kappa shape index (κ1) is 12.8. The van der Waals surface area contributed by atoms with Crippen molar-refractivity contribution in [3.63, 3.8) is 0 Å². The van der Waals surface area contributed by atoms with Crippen LogP contribution in [-0.4, -0.2) is 10.1 Å². The van der Waals surface area contributed by atoms with Gasteiger partial charge in [-0.25, -0.2) is 0 Å². The average molecular weight is 245 g/mol. The lowest BCUT2D eigenvalue weighted by molar-refractivity contribution is 0.380. The van der Waals surface area contributed by atoms with E-state index in [0.29, 0.717) is 11.7 Å². The van der Waals surface area contributed by atoms with E-state index in [1.54, 1.807) is 0 Å². The van der Waals surface area contributed by atoms with E-state index in [-0.39, 0.29) is 12.0 Å². The molecule has 1 aromatic heterocycles. The summed E-state index contributed by atoms with van der Waals surface area (Å²) < 4.78 is 5.06. The fourth-order valence-electron chi connectivity index (χ4n) is 1.78. The van der Waals surface area contributed by atoms with Crippen molar-refractivity contribution >= 4 is 0 Å². The first-order chi connectivity index (χ1) is 8.41. The lowest BCUT2D eigenvalue weighted by atomic mass is 9.85. The molecule has 4 heteroatoms. The first-order valence-electron chi connectivity index (χ1n) is 6.06. The Balaban J connectivity index is 2.49. The Bertz CT molecular complexity index is 552. The monoisotopic (exact) mass is 245 g/mol. The smallest absolute Gasteiger partial charge is 0.240 e. The van der Waals surface area contributed by atoms with Gasteiger partial charge >= 0.3 is 0 Å². The summed E-state index contributed by atoms with van der Waals surface area (Å²) in [5.41, 5.74) is 8.97. The minimum absolute atomic E-state index is 0.100. The van der Waals surface area contributed by atoms with Gasteiger partial charge in [0.2, 0.25) is 11.7 Å². The quantitative estimate of drug-likeness (QED) is 0.883. The third-order valence-corrected chi connectivity index (χ3v) is 2.99. The second kappa shape index (κ2) is 4.53. The molecule has 1 aromatic carbocycles. The highest BCUT2D eigenvalue weighted by Crippen LogP contribution is 2.28. The van der Waals surface area contributed by atoms with Crippen LogP contribution in [0.5, 0.6) is 0 Å². The Morgan fingerprint density at radius 3 is 2.56 bits per heavy atom. The normalized spacial score (nSPS) is 11.8. The molecule has 0 aliphatic heterocycles. The largest absolute Gasteiger partial charge is 0.338 e. The maximum Gasteiger partial charge on any atom is 0.240 e. The van der Waals surface area contributed by atoms with Crippen LogP contribution in [0.4, 0.5) is 0 Å². The highest BCUT2D eigenvalue weighted by molar-refractivity contribution is 5.61. The third-order valence-electron chi connectivity index (χ3n) is 2.99. The lowest BCUT2D eigenvalue weighted by Gasteiger charge is -2.20. The Hall–Kier alpha value is -1.68. The van der Waals surface area contributed by atoms with Crippen molar-refractivity contribution in [3.8, 4) is 11.4 Å². The minimum atomic E-state index is 0.100. The second-order valence-electron chi connectivity index (χ2n) is 5.50. The summed E-state index contributed by atoms with van der Waals surface area (Å²) in [7, 11) is 0. The molecule has 0 unspecified atom stereocenters. The van der Waals surface area contributed by atoms with Gasteiger partial charge in [-0.3, -0.25) is 0 Å². The zero-order valence-electron chi connectivity index (χ0n) is 11.3. The van der Waals surface area contributed by atoms with Gasteiger partial charge < -0.3 is 10.3 Å². The maximum absolute atomic E-state index is 5.48. The molecule has 0 saturated carbocycles. The number of nitrogens with zero attached hydrogens (tertiary/aromatic N) is 2. The van der Waals surface area contributed by atoms with Crippen LogP contribution in [0.25, 0.3) is 11.4 Å². The maximum atomic E-state index is 5.48. The van der Waals surface area contributed by atoms with Gasteiger partial charge in [0, 0.05) is 5.56 Å². The van der Waals surface area contributed by atoms with Crippen LogP contribution in [0.2, 0.25) is 0 Å². The van der Waals surface area contributed by atoms with Crippen LogP contribution < -0.4 is 5.73 Å². The number of hydrogen-bond acceptors (Lipinski definition) is 4. The van der Waals surface area contributed by atoms with Crippen molar-refractivity contribution in [2.45, 2.75) is 39.7 Å². The van der Waals surface area contributed by atoms with Crippen molar-refractivity contribution < 1.29 is 4.52 Å². The van der Waals surface area contributed by atoms with Gasteiger partial charge in [-0.2, -0.15) is 4.98 Å². The van der Waals surface area contributed by atoms with Crippen LogP contribution in [-0.2, 0) is 12.0 Å². The summed E-state index contributed by atoms with van der Waals surface area (Å²) in [6, 6.07) is 6.36. The predicted octanol–water partition coefficient (Wildman–Crippen LogP) is 2.80. The van der Waals surface area contributed by atoms with Crippen molar-refractivity contribution in [3.05, 3.63) is 35.2 Å². The molecule has 0 spiro atoms. The fourth-order valence-corrected chi connectivity index (χ4v) is 1.78. The van der Waals surface area contributed by atoms with Crippen LogP contribution in [0, 0.1) is 6.92 Å². The Labute approximate surface area is 107 Å². The van der Waals surface area contributed by atoms with Crippen molar-refractivity contribution in [1.82, 2.24) is 10.1 Å². The van der Waals surface area contributed by atoms with Gasteiger partial charge in [0.15, 0.2) is 0 Å². The standard InChI is InChI=1S/C14H19N3O/c1-9-5-6-10(14(2,3)4)7-11(9)13-16-12(8-15)18-17-13/h5-7H,8,15H2,1-4H3. The number of aromatic nitrogens is 2. The molecule has 0 aliphatic rings. The van der Waals surface area contributed by atoms with Gasteiger partial charge in [0.05, 0.1) is 6.54 Å². The highest BCUT2D eigenvalue weighted by Gasteiger charge is 2.17. The Kier molecular flexibility index (Phi) is 3.22. The van der Waals surface area contributed by atoms with Crippen molar-refractivity contribution in [2.24, 2.45) is 5.73 Å². The number of aryl methyl sites for hydroxylation is 1. The molecular formula is C14H19N3O. The number of nitrogens with two attached hydrogens (primary N) is 1. The summed E-state index contributed by atoms with van der Waals surface area (Å²) in [5, 5.41) is 3.98. The van der Waals surface area contributed by atoms with Crippen LogP contribution in [0.3, 0.4) is 0 Å². The van der Waals surface area contributed by atoms with E-state index in [4.69, 9.17) is 10.3 Å². The Morgan fingerprint density at radius 2 is 2.00 bits per heavy atom. The molecule has 2 aromatic rings. The van der Waals surface area contributed by atoms with E-state index in [2.05, 4.69) is 49.1 Å². The number of rotatable bonds is 2. The first-order valence-corrected chi connectivity index (χ1v) is 6.06. The molecule has 0 amide bonds. The van der Waals surface area contributed by atoms with Crippen molar-refractivity contribution in [1.29, 1.82) is 0 Å². The van der Waals surface area contributed by atoms with E-state index in [1.165, 1.54) is 5.56 Å². The highest BCUT2D eigenvalue weighted by atomic mass is 16.5. The summed E-state index contributed by atoms with van der Waals surface area (Å²) >= 11 is 0. The molecule has 2 N–H and O–H groups in total. The zero-order valence-corrected chi connectivity index (χ0v) is 11.3. The topological polar surface area (TPSA) is 64.9 Å². The van der Waals surface area contributed by atoms with Gasteiger partial charge in [0.25, 0.3) is 0 Å². The molecule has 1 heterocycles. The summed E-state index contributed by atoms with van der Waals surface area (Å²) in [6.45, 7) is 8.86. The van der Waals surface area contributed by atoms with E-state index >= 15 is 0 Å². The van der Waals surface area contributed by atoms with Gasteiger partial charge in [-0.15, -0.1) is 0 Å². The van der Waals surface area contributed by atoms with E-state index in [9.17, 15) is 0 Å². The summed E-state index contributed by atoms with van der Waals surface area (Å²) in [5.74, 6) is 1.07. The minimum Gasteiger partial charge on any atom is -0.338 e. The molecule has 18 heavy (non-hydrogen) atoms. The fraction of sp³-hybridized carbons (Fsp3) is 0.429. The van der Waals surface area contributed by atoms with Gasteiger partial charge in [-0.05, 0) is 29.5 Å². The summed E-state index contributed by atoms with van der Waals surface area (Å²) in [4.78, 5) is 4.28. The predicted molar refractivity (Wildman–Crippen MR) is 71.1 cm³/mol. The molecule has 96 valence electrons. The molecule has 0 fully saturated rings. The molecule has 0 saturated heterocycles. The zero-order chi connectivity index (χ0) is 13.3. The summed E-state index contributed by atoms with van der Waals surface area (Å²) in [6.07, 6.45) is 0. The molecule has 0 aliphatic carbocycles. The molecule has 0 bridgehead atoms. The van der Waals surface area contributed by atoms with Crippen molar-refractivity contribution in [2.75, 3.05) is 0 Å². The number of benzene rings is 1. The average Bonchev–Trinajstić information content (AvgIpc) is 2.76. The second-order valence-corrected chi connectivity index (χ2v) is 5.50. The Morgan fingerprint density at radius 1 is 1.28 bits per heavy atom. The number of hydrogen-bond donors (Lipinski definition) is 1. The van der Waals surface area contributed by atoms with Crippen LogP contribution >= 0.6 is 0 Å². The third kappa shape index (κ3) is 2.43. The van der Waals surface area contributed by atoms with Gasteiger partial charge in [0.1, 0.15) is 0 Å². The van der Waals surface area contributed by atoms with E-state index < -0.39 is 0 Å². The SMILES string of the molecule is Cc1ccc(C(C)(C)C)cc1-c1noc(CN)n1. The molecule has 0 radical (unpaired) electrons.